The van der Waals surface area contributed by atoms with Crippen LogP contribution in [0.25, 0.3) is 0 Å². The van der Waals surface area contributed by atoms with Gasteiger partial charge in [-0.25, -0.2) is 13.1 Å². The predicted octanol–water partition coefficient (Wildman–Crippen LogP) is 2.50. The summed E-state index contributed by atoms with van der Waals surface area (Å²) in [6.07, 6.45) is 0. The van der Waals surface area contributed by atoms with Crippen LogP contribution in [-0.4, -0.2) is 56.8 Å². The van der Waals surface area contributed by atoms with Gasteiger partial charge in [0.15, 0.2) is 0 Å². The van der Waals surface area contributed by atoms with Crippen molar-refractivity contribution in [3.05, 3.63) is 65.7 Å². The normalized spacial score (nSPS) is 18.4. The minimum Gasteiger partial charge on any atom is -0.329 e. The van der Waals surface area contributed by atoms with Gasteiger partial charge in [-0.3, -0.25) is 4.79 Å². The van der Waals surface area contributed by atoms with Crippen LogP contribution in [0.1, 0.15) is 35.8 Å². The highest BCUT2D eigenvalue weighted by atomic mass is 32.2. The summed E-state index contributed by atoms with van der Waals surface area (Å²) in [5, 5.41) is 0. The Bertz CT molecular complexity index is 912. The van der Waals surface area contributed by atoms with E-state index in [1.165, 1.54) is 12.1 Å². The van der Waals surface area contributed by atoms with E-state index in [0.29, 0.717) is 12.1 Å². The van der Waals surface area contributed by atoms with Crippen LogP contribution < -0.4 is 4.72 Å². The van der Waals surface area contributed by atoms with Gasteiger partial charge in [0.1, 0.15) is 0 Å². The fourth-order valence-corrected chi connectivity index (χ4v) is 4.69. The van der Waals surface area contributed by atoms with E-state index in [1.807, 2.05) is 35.2 Å². The number of amides is 1. The second kappa shape index (κ2) is 8.43. The number of hydrogen-bond donors (Lipinski definition) is 1. The van der Waals surface area contributed by atoms with E-state index in [1.54, 1.807) is 26.0 Å². The van der Waals surface area contributed by atoms with Crippen LogP contribution in [0.15, 0.2) is 59.5 Å². The van der Waals surface area contributed by atoms with Crippen LogP contribution in [-0.2, 0) is 10.0 Å². The molecule has 0 aromatic heterocycles. The summed E-state index contributed by atoms with van der Waals surface area (Å²) in [4.78, 5) is 17.4. The molecule has 2 aromatic rings. The van der Waals surface area contributed by atoms with E-state index >= 15 is 0 Å². The molecule has 0 spiro atoms. The minimum atomic E-state index is -3.57. The first-order valence-electron chi connectivity index (χ1n) is 9.45. The third kappa shape index (κ3) is 4.60. The first-order chi connectivity index (χ1) is 13.3. The number of likely N-dealkylation sites (N-methyl/N-ethyl adjacent to an activating group) is 1. The SMILES string of the molecule is CC(C)NS(=O)(=O)c1ccc(C(=O)N2CCN(C)C[C@H]2c2ccccc2)cc1. The second-order valence-electron chi connectivity index (χ2n) is 7.49. The molecule has 28 heavy (non-hydrogen) atoms. The highest BCUT2D eigenvalue weighted by Gasteiger charge is 2.31. The number of piperazine rings is 1. The molecule has 3 rings (SSSR count). The van der Waals surface area contributed by atoms with E-state index < -0.39 is 10.0 Å². The summed E-state index contributed by atoms with van der Waals surface area (Å²) in [6, 6.07) is 16.0. The number of nitrogens with one attached hydrogen (secondary N) is 1. The van der Waals surface area contributed by atoms with Crippen LogP contribution in [0.5, 0.6) is 0 Å². The minimum absolute atomic E-state index is 0.0292. The maximum absolute atomic E-state index is 13.2. The molecule has 1 amide bonds. The summed E-state index contributed by atoms with van der Waals surface area (Å²) < 4.78 is 27.1. The number of nitrogens with zero attached hydrogens (tertiary/aromatic N) is 2. The number of carbonyl (C=O) groups excluding carboxylic acids is 1. The molecule has 0 aliphatic carbocycles. The molecule has 1 atom stereocenters. The zero-order chi connectivity index (χ0) is 20.3. The van der Waals surface area contributed by atoms with Gasteiger partial charge < -0.3 is 9.80 Å². The van der Waals surface area contributed by atoms with Gasteiger partial charge in [0.25, 0.3) is 5.91 Å². The summed E-state index contributed by atoms with van der Waals surface area (Å²) in [5.41, 5.74) is 1.59. The van der Waals surface area contributed by atoms with E-state index in [2.05, 4.69) is 16.7 Å². The Labute approximate surface area is 167 Å². The summed E-state index contributed by atoms with van der Waals surface area (Å²) in [7, 11) is -1.51. The number of carbonyl (C=O) groups is 1. The smallest absolute Gasteiger partial charge is 0.254 e. The number of sulfonamides is 1. The number of hydrogen-bond acceptors (Lipinski definition) is 4. The molecule has 1 heterocycles. The van der Waals surface area contributed by atoms with Gasteiger partial charge in [0.2, 0.25) is 10.0 Å². The Hall–Kier alpha value is -2.22. The molecule has 7 heteroatoms. The van der Waals surface area contributed by atoms with E-state index in [9.17, 15) is 13.2 Å². The highest BCUT2D eigenvalue weighted by Crippen LogP contribution is 2.27. The van der Waals surface area contributed by atoms with Crippen molar-refractivity contribution in [2.24, 2.45) is 0 Å². The van der Waals surface area contributed by atoms with Gasteiger partial charge in [-0.15, -0.1) is 0 Å². The Balaban J connectivity index is 1.84. The molecule has 0 saturated carbocycles. The monoisotopic (exact) mass is 401 g/mol. The van der Waals surface area contributed by atoms with Crippen molar-refractivity contribution in [2.45, 2.75) is 30.8 Å². The quantitative estimate of drug-likeness (QED) is 0.836. The molecule has 2 aromatic carbocycles. The van der Waals surface area contributed by atoms with Crippen molar-refractivity contribution in [3.8, 4) is 0 Å². The molecule has 1 aliphatic rings. The molecule has 0 bridgehead atoms. The number of rotatable bonds is 5. The van der Waals surface area contributed by atoms with Gasteiger partial charge in [-0.2, -0.15) is 0 Å². The molecular formula is C21H27N3O3S. The van der Waals surface area contributed by atoms with Crippen molar-refractivity contribution in [3.63, 3.8) is 0 Å². The van der Waals surface area contributed by atoms with Crippen LogP contribution in [0.2, 0.25) is 0 Å². The zero-order valence-corrected chi connectivity index (χ0v) is 17.3. The topological polar surface area (TPSA) is 69.7 Å². The maximum Gasteiger partial charge on any atom is 0.254 e. The third-order valence-corrected chi connectivity index (χ3v) is 6.51. The van der Waals surface area contributed by atoms with Crippen LogP contribution in [0.3, 0.4) is 0 Å². The molecule has 6 nitrogen and oxygen atoms in total. The largest absolute Gasteiger partial charge is 0.329 e. The van der Waals surface area contributed by atoms with E-state index in [4.69, 9.17) is 0 Å². The third-order valence-electron chi connectivity index (χ3n) is 4.83. The standard InChI is InChI=1S/C21H27N3O3S/c1-16(2)22-28(26,27)19-11-9-18(10-12-19)21(25)24-14-13-23(3)15-20(24)17-7-5-4-6-8-17/h4-12,16,20,22H,13-15H2,1-3H3/t20-/m0/s1. The summed E-state index contributed by atoms with van der Waals surface area (Å²) in [5.74, 6) is -0.0808. The molecule has 0 unspecified atom stereocenters. The lowest BCUT2D eigenvalue weighted by Crippen LogP contribution is -2.49. The van der Waals surface area contributed by atoms with Crippen LogP contribution >= 0.6 is 0 Å². The Kier molecular flexibility index (Phi) is 6.17. The Morgan fingerprint density at radius 1 is 1.04 bits per heavy atom. The van der Waals surface area contributed by atoms with Gasteiger partial charge in [0.05, 0.1) is 10.9 Å². The maximum atomic E-state index is 13.2. The highest BCUT2D eigenvalue weighted by molar-refractivity contribution is 7.89. The molecule has 150 valence electrons. The molecular weight excluding hydrogens is 374 g/mol. The Morgan fingerprint density at radius 3 is 2.29 bits per heavy atom. The van der Waals surface area contributed by atoms with Gasteiger partial charge in [0, 0.05) is 31.2 Å². The van der Waals surface area contributed by atoms with Gasteiger partial charge >= 0.3 is 0 Å². The first kappa shape index (κ1) is 20.5. The van der Waals surface area contributed by atoms with Crippen molar-refractivity contribution in [1.82, 2.24) is 14.5 Å². The van der Waals surface area contributed by atoms with Crippen LogP contribution in [0.4, 0.5) is 0 Å². The molecule has 1 fully saturated rings. The van der Waals surface area contributed by atoms with Crippen LogP contribution in [0, 0.1) is 0 Å². The average Bonchev–Trinajstić information content (AvgIpc) is 2.67. The lowest BCUT2D eigenvalue weighted by molar-refractivity contribution is 0.0498. The summed E-state index contributed by atoms with van der Waals surface area (Å²) in [6.45, 7) is 5.74. The molecule has 0 radical (unpaired) electrons. The summed E-state index contributed by atoms with van der Waals surface area (Å²) >= 11 is 0. The van der Waals surface area contributed by atoms with Gasteiger partial charge in [-0.05, 0) is 50.7 Å². The fourth-order valence-electron chi connectivity index (χ4n) is 3.44. The van der Waals surface area contributed by atoms with Crippen molar-refractivity contribution in [2.75, 3.05) is 26.7 Å². The predicted molar refractivity (Wildman–Crippen MR) is 110 cm³/mol. The fraction of sp³-hybridized carbons (Fsp3) is 0.381. The number of benzene rings is 2. The zero-order valence-electron chi connectivity index (χ0n) is 16.5. The molecule has 1 saturated heterocycles. The molecule has 1 N–H and O–H groups in total. The lowest BCUT2D eigenvalue weighted by atomic mass is 10.0. The molecule has 1 aliphatic heterocycles. The van der Waals surface area contributed by atoms with Crippen molar-refractivity contribution < 1.29 is 13.2 Å². The van der Waals surface area contributed by atoms with Crippen molar-refractivity contribution >= 4 is 15.9 Å². The second-order valence-corrected chi connectivity index (χ2v) is 9.20. The first-order valence-corrected chi connectivity index (χ1v) is 10.9. The van der Waals surface area contributed by atoms with Crippen molar-refractivity contribution in [1.29, 1.82) is 0 Å². The lowest BCUT2D eigenvalue weighted by Gasteiger charge is -2.40. The van der Waals surface area contributed by atoms with E-state index in [0.717, 1.165) is 18.7 Å². The Morgan fingerprint density at radius 2 is 1.68 bits per heavy atom. The van der Waals surface area contributed by atoms with Gasteiger partial charge in [-0.1, -0.05) is 30.3 Å². The van der Waals surface area contributed by atoms with E-state index in [-0.39, 0.29) is 22.9 Å². The average molecular weight is 402 g/mol.